The van der Waals surface area contributed by atoms with E-state index in [9.17, 15) is 4.79 Å². The third-order valence-corrected chi connectivity index (χ3v) is 3.94. The summed E-state index contributed by atoms with van der Waals surface area (Å²) >= 11 is 0. The third kappa shape index (κ3) is 2.68. The highest BCUT2D eigenvalue weighted by atomic mass is 16.3. The van der Waals surface area contributed by atoms with Crippen LogP contribution in [0.3, 0.4) is 0 Å². The highest BCUT2D eigenvalue weighted by molar-refractivity contribution is 5.76. The van der Waals surface area contributed by atoms with Crippen molar-refractivity contribution < 1.29 is 9.21 Å². The quantitative estimate of drug-likeness (QED) is 0.853. The lowest BCUT2D eigenvalue weighted by Crippen LogP contribution is -2.34. The van der Waals surface area contributed by atoms with Crippen LogP contribution in [0.5, 0.6) is 0 Å². The maximum Gasteiger partial charge on any atom is 0.131 e. The molecule has 0 spiro atoms. The van der Waals surface area contributed by atoms with E-state index in [4.69, 9.17) is 4.42 Å². The summed E-state index contributed by atoms with van der Waals surface area (Å²) < 4.78 is 5.48. The van der Waals surface area contributed by atoms with Gasteiger partial charge in [-0.15, -0.1) is 0 Å². The number of carbonyl (C=O) groups excluding carboxylic acids is 1. The number of nitrogens with zero attached hydrogens (tertiary/aromatic N) is 1. The smallest absolute Gasteiger partial charge is 0.131 e. The van der Waals surface area contributed by atoms with Crippen LogP contribution in [0.15, 0.2) is 47.1 Å². The number of furan rings is 1. The summed E-state index contributed by atoms with van der Waals surface area (Å²) in [7, 11) is 0. The second-order valence-corrected chi connectivity index (χ2v) is 5.42. The molecule has 20 heavy (non-hydrogen) atoms. The average molecular weight is 269 g/mol. The van der Waals surface area contributed by atoms with Crippen molar-refractivity contribution >= 4 is 5.78 Å². The van der Waals surface area contributed by atoms with Gasteiger partial charge < -0.3 is 4.42 Å². The van der Waals surface area contributed by atoms with E-state index >= 15 is 0 Å². The SMILES string of the molecule is CC(=O)CC(c1ccccc1)N1CCc2occc2C1. The van der Waals surface area contributed by atoms with E-state index in [-0.39, 0.29) is 11.8 Å². The van der Waals surface area contributed by atoms with Gasteiger partial charge in [-0.3, -0.25) is 9.69 Å². The molecule has 0 fully saturated rings. The Morgan fingerprint density at radius 3 is 2.85 bits per heavy atom. The maximum absolute atomic E-state index is 11.6. The van der Waals surface area contributed by atoms with Crippen LogP contribution in [0.1, 0.15) is 36.3 Å². The Balaban J connectivity index is 1.85. The Labute approximate surface area is 119 Å². The molecule has 0 saturated heterocycles. The predicted octanol–water partition coefficient (Wildman–Crippen LogP) is 3.36. The van der Waals surface area contributed by atoms with E-state index in [0.717, 1.165) is 25.3 Å². The van der Waals surface area contributed by atoms with Crippen LogP contribution in [0, 0.1) is 0 Å². The van der Waals surface area contributed by atoms with E-state index in [1.54, 1.807) is 13.2 Å². The Morgan fingerprint density at radius 1 is 1.30 bits per heavy atom. The summed E-state index contributed by atoms with van der Waals surface area (Å²) in [6.07, 6.45) is 3.25. The molecule has 0 saturated carbocycles. The number of ketones is 1. The summed E-state index contributed by atoms with van der Waals surface area (Å²) in [6, 6.07) is 12.5. The average Bonchev–Trinajstić information content (AvgIpc) is 2.93. The minimum Gasteiger partial charge on any atom is -0.469 e. The van der Waals surface area contributed by atoms with Gasteiger partial charge >= 0.3 is 0 Å². The lowest BCUT2D eigenvalue weighted by molar-refractivity contribution is -0.118. The minimum absolute atomic E-state index is 0.164. The number of hydrogen-bond acceptors (Lipinski definition) is 3. The van der Waals surface area contributed by atoms with Crippen molar-refractivity contribution in [3.8, 4) is 0 Å². The molecule has 2 aromatic rings. The largest absolute Gasteiger partial charge is 0.469 e. The zero-order valence-electron chi connectivity index (χ0n) is 11.7. The Kier molecular flexibility index (Phi) is 3.70. The van der Waals surface area contributed by atoms with E-state index in [1.807, 2.05) is 24.3 Å². The molecule has 3 rings (SSSR count). The van der Waals surface area contributed by atoms with Crippen molar-refractivity contribution in [1.82, 2.24) is 4.90 Å². The summed E-state index contributed by atoms with van der Waals surface area (Å²) in [6.45, 7) is 3.47. The molecule has 1 unspecified atom stereocenters. The Hall–Kier alpha value is -1.87. The molecule has 1 atom stereocenters. The zero-order valence-corrected chi connectivity index (χ0v) is 11.7. The Morgan fingerprint density at radius 2 is 2.10 bits per heavy atom. The van der Waals surface area contributed by atoms with Crippen molar-refractivity contribution in [2.24, 2.45) is 0 Å². The monoisotopic (exact) mass is 269 g/mol. The maximum atomic E-state index is 11.6. The van der Waals surface area contributed by atoms with E-state index in [1.165, 1.54) is 11.1 Å². The van der Waals surface area contributed by atoms with Crippen LogP contribution >= 0.6 is 0 Å². The highest BCUT2D eigenvalue weighted by Crippen LogP contribution is 2.30. The molecule has 0 amide bonds. The normalized spacial score (nSPS) is 16.6. The molecule has 0 bridgehead atoms. The van der Waals surface area contributed by atoms with Crippen LogP contribution in [-0.4, -0.2) is 17.2 Å². The first kappa shape index (κ1) is 13.1. The van der Waals surface area contributed by atoms with Crippen molar-refractivity contribution in [2.75, 3.05) is 6.54 Å². The molecule has 3 heteroatoms. The molecule has 3 nitrogen and oxygen atoms in total. The molecular weight excluding hydrogens is 250 g/mol. The van der Waals surface area contributed by atoms with Crippen LogP contribution < -0.4 is 0 Å². The van der Waals surface area contributed by atoms with Gasteiger partial charge in [0, 0.05) is 37.5 Å². The van der Waals surface area contributed by atoms with Crippen molar-refractivity contribution in [2.45, 2.75) is 32.4 Å². The molecule has 1 aliphatic heterocycles. The first-order chi connectivity index (χ1) is 9.74. The van der Waals surface area contributed by atoms with Gasteiger partial charge in [0.25, 0.3) is 0 Å². The number of hydrogen-bond donors (Lipinski definition) is 0. The molecule has 0 radical (unpaired) electrons. The van der Waals surface area contributed by atoms with Gasteiger partial charge in [-0.25, -0.2) is 0 Å². The predicted molar refractivity (Wildman–Crippen MR) is 77.3 cm³/mol. The van der Waals surface area contributed by atoms with Gasteiger partial charge in [0.15, 0.2) is 0 Å². The van der Waals surface area contributed by atoms with Gasteiger partial charge in [0.1, 0.15) is 11.5 Å². The number of carbonyl (C=O) groups is 1. The number of rotatable bonds is 4. The van der Waals surface area contributed by atoms with Crippen LogP contribution in [0.25, 0.3) is 0 Å². The standard InChI is InChI=1S/C17H19NO2/c1-13(19)11-16(14-5-3-2-4-6-14)18-9-7-17-15(12-18)8-10-20-17/h2-6,8,10,16H,7,9,11-12H2,1H3. The van der Waals surface area contributed by atoms with Crippen molar-refractivity contribution in [1.29, 1.82) is 0 Å². The molecule has 0 aliphatic carbocycles. The second kappa shape index (κ2) is 5.63. The van der Waals surface area contributed by atoms with Gasteiger partial charge in [-0.05, 0) is 18.6 Å². The van der Waals surface area contributed by atoms with Gasteiger partial charge in [-0.1, -0.05) is 30.3 Å². The zero-order chi connectivity index (χ0) is 13.9. The fraction of sp³-hybridized carbons (Fsp3) is 0.353. The summed E-state index contributed by atoms with van der Waals surface area (Å²) in [5, 5.41) is 0. The number of fused-ring (bicyclic) bond motifs is 1. The number of benzene rings is 1. The van der Waals surface area contributed by atoms with Crippen LogP contribution in [-0.2, 0) is 17.8 Å². The first-order valence-corrected chi connectivity index (χ1v) is 7.07. The summed E-state index contributed by atoms with van der Waals surface area (Å²) in [5.41, 5.74) is 2.47. The van der Waals surface area contributed by atoms with Gasteiger partial charge in [-0.2, -0.15) is 0 Å². The molecule has 1 aliphatic rings. The molecule has 0 N–H and O–H groups in total. The number of Topliss-reactive ketones (excluding diaryl/α,β-unsaturated/α-hetero) is 1. The summed E-state index contributed by atoms with van der Waals surface area (Å²) in [4.78, 5) is 14.0. The second-order valence-electron chi connectivity index (χ2n) is 5.42. The molecule has 104 valence electrons. The highest BCUT2D eigenvalue weighted by Gasteiger charge is 2.26. The van der Waals surface area contributed by atoms with E-state index in [2.05, 4.69) is 17.0 Å². The Bertz CT molecular complexity index is 588. The molecular formula is C17H19NO2. The topological polar surface area (TPSA) is 33.5 Å². The van der Waals surface area contributed by atoms with Gasteiger partial charge in [0.05, 0.1) is 6.26 Å². The third-order valence-electron chi connectivity index (χ3n) is 3.94. The summed E-state index contributed by atoms with van der Waals surface area (Å²) in [5.74, 6) is 1.33. The molecule has 1 aromatic heterocycles. The van der Waals surface area contributed by atoms with Crippen LogP contribution in [0.2, 0.25) is 0 Å². The molecule has 2 heterocycles. The molecule has 1 aromatic carbocycles. The lowest BCUT2D eigenvalue weighted by atomic mass is 9.97. The lowest BCUT2D eigenvalue weighted by Gasteiger charge is -2.34. The fourth-order valence-corrected chi connectivity index (χ4v) is 2.94. The minimum atomic E-state index is 0.164. The van der Waals surface area contributed by atoms with Gasteiger partial charge in [0.2, 0.25) is 0 Å². The van der Waals surface area contributed by atoms with E-state index < -0.39 is 0 Å². The first-order valence-electron chi connectivity index (χ1n) is 7.07. The van der Waals surface area contributed by atoms with Crippen molar-refractivity contribution in [3.63, 3.8) is 0 Å². The van der Waals surface area contributed by atoms with E-state index in [0.29, 0.717) is 6.42 Å². The fourth-order valence-electron chi connectivity index (χ4n) is 2.94. The van der Waals surface area contributed by atoms with Crippen molar-refractivity contribution in [3.05, 3.63) is 59.5 Å². The van der Waals surface area contributed by atoms with Crippen LogP contribution in [0.4, 0.5) is 0 Å².